The van der Waals surface area contributed by atoms with E-state index in [-0.39, 0.29) is 17.7 Å². The fourth-order valence-corrected chi connectivity index (χ4v) is 1.73. The molecule has 0 aromatic carbocycles. The lowest BCUT2D eigenvalue weighted by molar-refractivity contribution is 0.213. The van der Waals surface area contributed by atoms with E-state index in [1.165, 1.54) is 0 Å². The summed E-state index contributed by atoms with van der Waals surface area (Å²) in [6.45, 7) is 12.3. The van der Waals surface area contributed by atoms with E-state index in [1.54, 1.807) is 25.0 Å². The maximum absolute atomic E-state index is 8.77. The Morgan fingerprint density at radius 3 is 1.95 bits per heavy atom. The Morgan fingerprint density at radius 2 is 1.57 bits per heavy atom. The predicted molar refractivity (Wildman–Crippen MR) is 85.0 cm³/mol. The van der Waals surface area contributed by atoms with E-state index in [2.05, 4.69) is 44.2 Å². The molecule has 0 saturated carbocycles. The Bertz CT molecular complexity index is 512. The number of aliphatic hydroxyl groups is 1. The van der Waals surface area contributed by atoms with Crippen LogP contribution in [0.1, 0.15) is 34.1 Å². The summed E-state index contributed by atoms with van der Waals surface area (Å²) in [5.74, 6) is 0. The number of allylic oxidation sites excluding steroid dienone is 1. The van der Waals surface area contributed by atoms with E-state index in [4.69, 9.17) is 5.11 Å². The number of rotatable bonds is 5. The van der Waals surface area contributed by atoms with E-state index in [9.17, 15) is 0 Å². The third kappa shape index (κ3) is 4.86. The zero-order valence-electron chi connectivity index (χ0n) is 13.4. The highest BCUT2D eigenvalue weighted by atomic mass is 16.3. The molecule has 0 aliphatic rings. The van der Waals surface area contributed by atoms with Crippen molar-refractivity contribution < 1.29 is 5.11 Å². The fourth-order valence-electron chi connectivity index (χ4n) is 1.73. The van der Waals surface area contributed by atoms with Gasteiger partial charge < -0.3 is 14.2 Å². The van der Waals surface area contributed by atoms with Gasteiger partial charge in [-0.1, -0.05) is 6.08 Å². The molecule has 2 aromatic rings. The van der Waals surface area contributed by atoms with Gasteiger partial charge in [-0.2, -0.15) is 0 Å². The highest BCUT2D eigenvalue weighted by Crippen LogP contribution is 2.17. The molecule has 0 bridgehead atoms. The van der Waals surface area contributed by atoms with Crippen molar-refractivity contribution in [3.8, 4) is 0 Å². The lowest BCUT2D eigenvalue weighted by atomic mass is 10.0. The Balaban J connectivity index is 0.000000211. The molecule has 5 heteroatoms. The van der Waals surface area contributed by atoms with Gasteiger partial charge in [0.2, 0.25) is 0 Å². The lowest BCUT2D eigenvalue weighted by Crippen LogP contribution is -2.25. The average molecular weight is 290 g/mol. The number of hydrogen-bond donors (Lipinski definition) is 1. The fraction of sp³-hybridized carbons (Fsp3) is 0.500. The molecule has 0 fully saturated rings. The summed E-state index contributed by atoms with van der Waals surface area (Å²) >= 11 is 0. The van der Waals surface area contributed by atoms with Crippen molar-refractivity contribution in [1.82, 2.24) is 19.1 Å². The van der Waals surface area contributed by atoms with Gasteiger partial charge >= 0.3 is 0 Å². The van der Waals surface area contributed by atoms with Gasteiger partial charge in [0.05, 0.1) is 18.2 Å². The molecule has 116 valence electrons. The second-order valence-corrected chi connectivity index (χ2v) is 6.08. The highest BCUT2D eigenvalue weighted by Gasteiger charge is 2.17. The van der Waals surface area contributed by atoms with Crippen LogP contribution in [0, 0.1) is 0 Å². The molecule has 5 nitrogen and oxygen atoms in total. The van der Waals surface area contributed by atoms with Crippen molar-refractivity contribution in [2.75, 3.05) is 6.61 Å². The van der Waals surface area contributed by atoms with Gasteiger partial charge in [-0.25, -0.2) is 9.97 Å². The molecule has 2 heterocycles. The summed E-state index contributed by atoms with van der Waals surface area (Å²) in [4.78, 5) is 7.90. The molecule has 1 N–H and O–H groups in total. The summed E-state index contributed by atoms with van der Waals surface area (Å²) in [5, 5.41) is 8.77. The summed E-state index contributed by atoms with van der Waals surface area (Å²) < 4.78 is 4.02. The maximum atomic E-state index is 8.77. The molecule has 0 aliphatic carbocycles. The molecule has 0 unspecified atom stereocenters. The van der Waals surface area contributed by atoms with Crippen molar-refractivity contribution in [2.45, 2.75) is 45.2 Å². The van der Waals surface area contributed by atoms with E-state index >= 15 is 0 Å². The van der Waals surface area contributed by atoms with Crippen LogP contribution in [-0.2, 0) is 11.1 Å². The average Bonchev–Trinajstić information content (AvgIpc) is 3.13. The molecule has 0 radical (unpaired) electrons. The molecule has 0 spiro atoms. The van der Waals surface area contributed by atoms with Gasteiger partial charge in [-0.15, -0.1) is 6.58 Å². The summed E-state index contributed by atoms with van der Waals surface area (Å²) in [6, 6.07) is 0. The van der Waals surface area contributed by atoms with Crippen LogP contribution in [-0.4, -0.2) is 30.8 Å². The molecule has 2 aromatic heterocycles. The molecule has 0 saturated heterocycles. The Kier molecular flexibility index (Phi) is 5.90. The number of imidazole rings is 2. The first-order chi connectivity index (χ1) is 9.83. The molecule has 0 atom stereocenters. The quantitative estimate of drug-likeness (QED) is 0.861. The van der Waals surface area contributed by atoms with Gasteiger partial charge in [0.15, 0.2) is 0 Å². The summed E-state index contributed by atoms with van der Waals surface area (Å²) in [5.41, 5.74) is -0.0399. The minimum atomic E-state index is -0.0226. The SMILES string of the molecule is C=CC(C)(C)n1ccnc1.CC(C)(CCO)n1ccnc1. The maximum Gasteiger partial charge on any atom is 0.0953 e. The summed E-state index contributed by atoms with van der Waals surface area (Å²) in [6.07, 6.45) is 13.6. The van der Waals surface area contributed by atoms with E-state index in [0.29, 0.717) is 0 Å². The number of aromatic nitrogens is 4. The summed E-state index contributed by atoms with van der Waals surface area (Å²) in [7, 11) is 0. The molecule has 21 heavy (non-hydrogen) atoms. The largest absolute Gasteiger partial charge is 0.396 e. The number of hydrogen-bond acceptors (Lipinski definition) is 3. The number of aliphatic hydroxyl groups excluding tert-OH is 1. The van der Waals surface area contributed by atoms with Crippen LogP contribution in [0.2, 0.25) is 0 Å². The molecule has 2 rings (SSSR count). The zero-order valence-corrected chi connectivity index (χ0v) is 13.4. The highest BCUT2D eigenvalue weighted by molar-refractivity contribution is 4.97. The van der Waals surface area contributed by atoms with Crippen molar-refractivity contribution in [3.05, 3.63) is 50.1 Å². The second kappa shape index (κ2) is 7.22. The first-order valence-electron chi connectivity index (χ1n) is 7.05. The van der Waals surface area contributed by atoms with Gasteiger partial charge in [0, 0.05) is 36.9 Å². The second-order valence-electron chi connectivity index (χ2n) is 6.08. The van der Waals surface area contributed by atoms with Crippen LogP contribution in [0.3, 0.4) is 0 Å². The smallest absolute Gasteiger partial charge is 0.0953 e. The normalized spacial score (nSPS) is 11.7. The number of nitrogens with zero attached hydrogens (tertiary/aromatic N) is 4. The zero-order chi connectivity index (χ0) is 15.9. The van der Waals surface area contributed by atoms with Crippen LogP contribution in [0.5, 0.6) is 0 Å². The van der Waals surface area contributed by atoms with Crippen LogP contribution < -0.4 is 0 Å². The Hall–Kier alpha value is -1.88. The van der Waals surface area contributed by atoms with Crippen molar-refractivity contribution in [2.24, 2.45) is 0 Å². The Morgan fingerprint density at radius 1 is 1.05 bits per heavy atom. The van der Waals surface area contributed by atoms with E-state index < -0.39 is 0 Å². The van der Waals surface area contributed by atoms with Gasteiger partial charge in [0.1, 0.15) is 0 Å². The van der Waals surface area contributed by atoms with Gasteiger partial charge in [0.25, 0.3) is 0 Å². The topological polar surface area (TPSA) is 55.9 Å². The molecule has 0 amide bonds. The van der Waals surface area contributed by atoms with Crippen LogP contribution in [0.15, 0.2) is 50.1 Å². The van der Waals surface area contributed by atoms with E-state index in [1.807, 2.05) is 27.6 Å². The predicted octanol–water partition coefficient (Wildman–Crippen LogP) is 2.80. The monoisotopic (exact) mass is 290 g/mol. The third-order valence-corrected chi connectivity index (χ3v) is 3.60. The first-order valence-corrected chi connectivity index (χ1v) is 7.05. The van der Waals surface area contributed by atoms with Crippen molar-refractivity contribution in [1.29, 1.82) is 0 Å². The first kappa shape index (κ1) is 17.2. The standard InChI is InChI=1S/C8H14N2O.C8H12N2/c1-8(2,3-6-11)10-5-4-9-7-10;1-4-8(2,3)10-6-5-9-7-10/h4-5,7,11H,3,6H2,1-2H3;4-7H,1H2,2-3H3. The van der Waals surface area contributed by atoms with Gasteiger partial charge in [-0.05, 0) is 34.1 Å². The Labute approximate surface area is 127 Å². The van der Waals surface area contributed by atoms with Crippen LogP contribution >= 0.6 is 0 Å². The van der Waals surface area contributed by atoms with Crippen LogP contribution in [0.25, 0.3) is 0 Å². The molecule has 0 aliphatic heterocycles. The van der Waals surface area contributed by atoms with E-state index in [0.717, 1.165) is 6.42 Å². The minimum absolute atomic E-state index is 0.0174. The molecular formula is C16H26N4O. The van der Waals surface area contributed by atoms with Crippen molar-refractivity contribution >= 4 is 0 Å². The molecular weight excluding hydrogens is 264 g/mol. The van der Waals surface area contributed by atoms with Crippen molar-refractivity contribution in [3.63, 3.8) is 0 Å². The van der Waals surface area contributed by atoms with Crippen LogP contribution in [0.4, 0.5) is 0 Å². The lowest BCUT2D eigenvalue weighted by Gasteiger charge is -2.25. The van der Waals surface area contributed by atoms with Gasteiger partial charge in [-0.3, -0.25) is 0 Å². The minimum Gasteiger partial charge on any atom is -0.396 e. The third-order valence-electron chi connectivity index (χ3n) is 3.60.